The molecule has 1 heterocycles. The number of Topliss-reactive ketones (excluding diaryl/α,β-unsaturated/α-hetero) is 2. The van der Waals surface area contributed by atoms with E-state index >= 15 is 18.4 Å². The van der Waals surface area contributed by atoms with Gasteiger partial charge in [0.1, 0.15) is 17.1 Å². The van der Waals surface area contributed by atoms with E-state index in [1.165, 1.54) is 0 Å². The summed E-state index contributed by atoms with van der Waals surface area (Å²) in [5.41, 5.74) is -2.35. The first-order valence-electron chi connectivity index (χ1n) is 19.5. The summed E-state index contributed by atoms with van der Waals surface area (Å²) in [6.07, 6.45) is 3.05. The number of aliphatic hydroxyl groups is 1. The Bertz CT molecular complexity index is 1790. The van der Waals surface area contributed by atoms with Gasteiger partial charge in [0.2, 0.25) is 11.6 Å². The van der Waals surface area contributed by atoms with Gasteiger partial charge in [0.05, 0.1) is 24.8 Å². The summed E-state index contributed by atoms with van der Waals surface area (Å²) in [6, 6.07) is -0.668. The Labute approximate surface area is 320 Å². The van der Waals surface area contributed by atoms with E-state index in [0.29, 0.717) is 19.6 Å². The molecular formula is C41H61F2N3O7Si. The second-order valence-corrected chi connectivity index (χ2v) is 23.0. The minimum absolute atomic E-state index is 0.00515. The predicted octanol–water partition coefficient (Wildman–Crippen LogP) is 8.74. The number of ketones is 2. The molecule has 0 unspecified atom stereocenters. The van der Waals surface area contributed by atoms with Crippen molar-refractivity contribution in [3.63, 3.8) is 0 Å². The number of hydrogen-bond donors (Lipinski definition) is 2. The van der Waals surface area contributed by atoms with Crippen molar-refractivity contribution in [3.05, 3.63) is 45.2 Å². The van der Waals surface area contributed by atoms with Crippen LogP contribution in [0.25, 0.3) is 5.76 Å². The average Bonchev–Trinajstić information content (AvgIpc) is 3.48. The zero-order chi connectivity index (χ0) is 40.1. The van der Waals surface area contributed by atoms with Gasteiger partial charge >= 0.3 is 0 Å². The molecule has 0 saturated heterocycles. The molecule has 1 fully saturated rings. The molecule has 0 bridgehead atoms. The van der Waals surface area contributed by atoms with Crippen LogP contribution in [0.15, 0.2) is 10.1 Å². The van der Waals surface area contributed by atoms with Gasteiger partial charge in [0.25, 0.3) is 5.88 Å². The molecule has 2 N–H and O–H groups in total. The Balaban J connectivity index is 1.78. The fourth-order valence-electron chi connectivity index (χ4n) is 7.83. The van der Waals surface area contributed by atoms with Crippen LogP contribution in [0.1, 0.15) is 126 Å². The number of aliphatic hydroxyl groups excluding tert-OH is 1. The molecule has 54 heavy (non-hydrogen) atoms. The zero-order valence-electron chi connectivity index (χ0n) is 34.4. The molecule has 300 valence electrons. The van der Waals surface area contributed by atoms with Gasteiger partial charge in [-0.2, -0.15) is 0 Å². The lowest BCUT2D eigenvalue weighted by Crippen LogP contribution is -2.68. The first-order valence-corrected chi connectivity index (χ1v) is 22.4. The van der Waals surface area contributed by atoms with Crippen molar-refractivity contribution in [2.45, 2.75) is 130 Å². The van der Waals surface area contributed by atoms with E-state index in [1.54, 1.807) is 0 Å². The van der Waals surface area contributed by atoms with Gasteiger partial charge in [0.15, 0.2) is 31.3 Å². The summed E-state index contributed by atoms with van der Waals surface area (Å²) in [5.74, 6) is -5.23. The topological polar surface area (TPSA) is 123 Å². The number of carbonyl (C=O) groups is 2. The number of nitrogens with one attached hydrogen (secondary N) is 1. The van der Waals surface area contributed by atoms with Crippen LogP contribution in [-0.4, -0.2) is 74.5 Å². The van der Waals surface area contributed by atoms with Crippen LogP contribution in [-0.2, 0) is 22.2 Å². The molecule has 1 aromatic heterocycles. The third-order valence-corrected chi connectivity index (χ3v) is 16.1. The number of halogens is 2. The number of aromatic nitrogens is 1. The smallest absolute Gasteiger partial charge is 0.265 e. The number of carbonyl (C=O) groups excluding carboxylic acids is 2. The zero-order valence-corrected chi connectivity index (χ0v) is 35.4. The summed E-state index contributed by atoms with van der Waals surface area (Å²) >= 11 is 0. The van der Waals surface area contributed by atoms with Crippen molar-refractivity contribution in [1.82, 2.24) is 15.4 Å². The minimum atomic E-state index is -2.94. The summed E-state index contributed by atoms with van der Waals surface area (Å²) in [7, 11) is 0.712. The van der Waals surface area contributed by atoms with Crippen LogP contribution < -0.4 is 14.8 Å². The van der Waals surface area contributed by atoms with Crippen LogP contribution in [0.3, 0.4) is 0 Å². The van der Waals surface area contributed by atoms with Crippen molar-refractivity contribution < 1.29 is 41.9 Å². The van der Waals surface area contributed by atoms with Crippen molar-refractivity contribution in [2.24, 2.45) is 17.3 Å². The Morgan fingerprint density at radius 3 is 2.19 bits per heavy atom. The van der Waals surface area contributed by atoms with Gasteiger partial charge in [-0.15, -0.1) is 0 Å². The third-order valence-electron chi connectivity index (χ3n) is 11.6. The number of unbranched alkanes of at least 4 members (excludes halogenated alkanes) is 2. The van der Waals surface area contributed by atoms with E-state index in [2.05, 4.69) is 10.5 Å². The lowest BCUT2D eigenvalue weighted by Gasteiger charge is -2.55. The van der Waals surface area contributed by atoms with Crippen molar-refractivity contribution >= 4 is 25.6 Å². The maximum Gasteiger partial charge on any atom is 0.265 e. The second kappa shape index (κ2) is 15.4. The van der Waals surface area contributed by atoms with E-state index in [1.807, 2.05) is 87.5 Å². The standard InChI is InChI=1S/C41H61F2N3O7Si/c1-13-15-17-50-34-25(21-44-22-39(3,4)5)31(43)30(42)24-19-23-20-26-32(46(9)10)35-29(38(45-52-35)51-18-16-14-2)37(49)41(26,53-54(11,12)40(6,7)8)36(48)27(23)33(47)28(24)34/h23,26,32,44,47H,13-22H2,1-12H3/t23-,26-,32-,41-/m0/s1. The molecule has 10 nitrogen and oxygen atoms in total. The molecular weight excluding hydrogens is 713 g/mol. The van der Waals surface area contributed by atoms with Crippen LogP contribution in [0.4, 0.5) is 8.78 Å². The van der Waals surface area contributed by atoms with Gasteiger partial charge in [-0.25, -0.2) is 8.78 Å². The number of fused-ring (bicyclic) bond motifs is 4. The van der Waals surface area contributed by atoms with Gasteiger partial charge in [-0.05, 0) is 74.4 Å². The highest BCUT2D eigenvalue weighted by atomic mass is 28.4. The van der Waals surface area contributed by atoms with Crippen LogP contribution in [0.5, 0.6) is 11.6 Å². The predicted molar refractivity (Wildman–Crippen MR) is 206 cm³/mol. The Morgan fingerprint density at radius 2 is 1.61 bits per heavy atom. The highest BCUT2D eigenvalue weighted by Gasteiger charge is 2.69. The van der Waals surface area contributed by atoms with Gasteiger partial charge in [0, 0.05) is 35.7 Å². The molecule has 5 rings (SSSR count). The number of rotatable bonds is 14. The molecule has 13 heteroatoms. The molecule has 0 radical (unpaired) electrons. The fraction of sp³-hybridized carbons (Fsp3) is 0.683. The number of ether oxygens (including phenoxy) is 2. The minimum Gasteiger partial charge on any atom is -0.507 e. The number of nitrogens with zero attached hydrogens (tertiary/aromatic N) is 2. The van der Waals surface area contributed by atoms with Crippen LogP contribution in [0, 0.1) is 28.9 Å². The molecule has 3 aliphatic rings. The molecule has 1 saturated carbocycles. The maximum atomic E-state index is 16.4. The van der Waals surface area contributed by atoms with Crippen molar-refractivity contribution in [1.29, 1.82) is 0 Å². The van der Waals surface area contributed by atoms with Gasteiger partial charge in [-0.1, -0.05) is 68.2 Å². The molecule has 1 aromatic carbocycles. The quantitative estimate of drug-likeness (QED) is 0.109. The second-order valence-electron chi connectivity index (χ2n) is 18.3. The fourth-order valence-corrected chi connectivity index (χ4v) is 9.28. The number of benzene rings is 1. The summed E-state index contributed by atoms with van der Waals surface area (Å²) < 4.78 is 57.8. The maximum absolute atomic E-state index is 16.4. The van der Waals surface area contributed by atoms with Crippen molar-refractivity contribution in [2.75, 3.05) is 33.9 Å². The van der Waals surface area contributed by atoms with E-state index in [4.69, 9.17) is 18.4 Å². The molecule has 3 aliphatic carbocycles. The van der Waals surface area contributed by atoms with Crippen LogP contribution >= 0.6 is 0 Å². The average molecular weight is 774 g/mol. The number of hydrogen-bond acceptors (Lipinski definition) is 10. The SMILES string of the molecule is CCCCOc1noc2c1C(=O)[C@@]1(O[Si](C)(C)C(C)(C)C)C(=O)C3=C(O)c4c(c(F)c(F)c(CNCC(C)(C)C)c4OCCCC)C[C@H]3C[C@H]1[C@@H]2N(C)C. The molecule has 2 aromatic rings. The molecule has 0 aliphatic heterocycles. The van der Waals surface area contributed by atoms with Crippen molar-refractivity contribution in [3.8, 4) is 11.6 Å². The van der Waals surface area contributed by atoms with Gasteiger partial charge < -0.3 is 28.8 Å². The normalized spacial score (nSPS) is 23.0. The Morgan fingerprint density at radius 1 is 0.981 bits per heavy atom. The highest BCUT2D eigenvalue weighted by molar-refractivity contribution is 6.74. The molecule has 4 atom stereocenters. The summed E-state index contributed by atoms with van der Waals surface area (Å²) in [6.45, 7) is 21.1. The summed E-state index contributed by atoms with van der Waals surface area (Å²) in [4.78, 5) is 32.8. The third kappa shape index (κ3) is 7.30. The Hall–Kier alpha value is -3.13. The molecule has 0 spiro atoms. The first kappa shape index (κ1) is 42.0. The Kier molecular flexibility index (Phi) is 12.0. The monoisotopic (exact) mass is 773 g/mol. The van der Waals surface area contributed by atoms with E-state index in [9.17, 15) is 5.11 Å². The van der Waals surface area contributed by atoms with E-state index in [-0.39, 0.29) is 76.6 Å². The highest BCUT2D eigenvalue weighted by Crippen LogP contribution is 2.59. The van der Waals surface area contributed by atoms with Crippen LogP contribution in [0.2, 0.25) is 18.1 Å². The lowest BCUT2D eigenvalue weighted by molar-refractivity contribution is -0.140. The first-order chi connectivity index (χ1) is 25.1. The van der Waals surface area contributed by atoms with E-state index in [0.717, 1.165) is 19.3 Å². The molecule has 0 amide bonds. The van der Waals surface area contributed by atoms with Gasteiger partial charge in [-0.3, -0.25) is 14.5 Å². The van der Waals surface area contributed by atoms with E-state index < -0.39 is 65.8 Å². The summed E-state index contributed by atoms with van der Waals surface area (Å²) in [5, 5.41) is 19.4. The lowest BCUT2D eigenvalue weighted by atomic mass is 9.57. The largest absolute Gasteiger partial charge is 0.507 e.